The standard InChI is InChI=1S/C27H32BrFN8O4/c1-27(2,3)41-26(40)36-7-6-15(9-16(36)10-19(38)39)37-24-18-8-14(11-30)20(28)21(29)22(18)31-25(23(24)32-33-37)35-12-17(13-35)34(4)5/h8,15-17H,6-7,9-10,12-13H2,1-5H3,(H,38,39)/t15-,16-/m0/s1. The van der Waals surface area contributed by atoms with Gasteiger partial charge in [0.1, 0.15) is 22.7 Å². The van der Waals surface area contributed by atoms with Gasteiger partial charge in [-0.05, 0) is 69.7 Å². The molecule has 1 aromatic carbocycles. The quantitative estimate of drug-likeness (QED) is 0.441. The van der Waals surface area contributed by atoms with Gasteiger partial charge < -0.3 is 24.5 Å². The van der Waals surface area contributed by atoms with Crippen LogP contribution in [0.4, 0.5) is 15.0 Å². The molecule has 2 fully saturated rings. The highest BCUT2D eigenvalue weighted by atomic mass is 79.9. The van der Waals surface area contributed by atoms with Crippen molar-refractivity contribution in [2.75, 3.05) is 38.6 Å². The van der Waals surface area contributed by atoms with E-state index in [9.17, 15) is 20.0 Å². The first-order valence-electron chi connectivity index (χ1n) is 13.4. The van der Waals surface area contributed by atoms with Gasteiger partial charge in [0.2, 0.25) is 0 Å². The molecule has 2 aliphatic heterocycles. The van der Waals surface area contributed by atoms with Gasteiger partial charge in [0.25, 0.3) is 0 Å². The minimum absolute atomic E-state index is 0.0336. The number of hydrogen-bond donors (Lipinski definition) is 1. The minimum atomic E-state index is -1.04. The maximum absolute atomic E-state index is 15.6. The number of amides is 1. The molecule has 0 saturated carbocycles. The summed E-state index contributed by atoms with van der Waals surface area (Å²) in [5, 5.41) is 28.6. The van der Waals surface area contributed by atoms with Crippen LogP contribution in [0.3, 0.4) is 0 Å². The van der Waals surface area contributed by atoms with Crippen LogP contribution in [0.1, 0.15) is 51.6 Å². The van der Waals surface area contributed by atoms with Crippen molar-refractivity contribution < 1.29 is 23.8 Å². The second kappa shape index (κ2) is 10.7. The Morgan fingerprint density at radius 2 is 2.00 bits per heavy atom. The fourth-order valence-electron chi connectivity index (χ4n) is 5.48. The number of fused-ring (bicyclic) bond motifs is 3. The molecule has 0 aliphatic carbocycles. The number of hydrogen-bond acceptors (Lipinski definition) is 9. The molecule has 2 aromatic heterocycles. The summed E-state index contributed by atoms with van der Waals surface area (Å²) in [6.07, 6.45) is -0.111. The van der Waals surface area contributed by atoms with Gasteiger partial charge in [0.15, 0.2) is 17.2 Å². The van der Waals surface area contributed by atoms with Gasteiger partial charge in [-0.1, -0.05) is 5.21 Å². The van der Waals surface area contributed by atoms with Crippen LogP contribution in [0.2, 0.25) is 0 Å². The van der Waals surface area contributed by atoms with Crippen molar-refractivity contribution in [2.45, 2.75) is 63.8 Å². The van der Waals surface area contributed by atoms with Crippen LogP contribution in [0.25, 0.3) is 21.9 Å². The summed E-state index contributed by atoms with van der Waals surface area (Å²) < 4.78 is 22.9. The molecule has 14 heteroatoms. The van der Waals surface area contributed by atoms with Crippen molar-refractivity contribution in [3.8, 4) is 6.07 Å². The number of aliphatic carboxylic acids is 1. The lowest BCUT2D eigenvalue weighted by atomic mass is 9.95. The number of halogens is 2. The molecule has 0 spiro atoms. The fourth-order valence-corrected chi connectivity index (χ4v) is 5.87. The van der Waals surface area contributed by atoms with Gasteiger partial charge in [-0.3, -0.25) is 4.79 Å². The van der Waals surface area contributed by atoms with Gasteiger partial charge in [-0.15, -0.1) is 5.10 Å². The Kier molecular flexibility index (Phi) is 7.54. The molecule has 0 unspecified atom stereocenters. The zero-order chi connectivity index (χ0) is 29.8. The number of likely N-dealkylation sites (tertiary alicyclic amines) is 1. The molecule has 2 saturated heterocycles. The Bertz CT molecular complexity index is 1570. The number of carbonyl (C=O) groups is 2. The third-order valence-corrected chi connectivity index (χ3v) is 8.42. The van der Waals surface area contributed by atoms with Crippen molar-refractivity contribution in [1.29, 1.82) is 5.26 Å². The Labute approximate surface area is 244 Å². The van der Waals surface area contributed by atoms with E-state index in [0.29, 0.717) is 47.8 Å². The van der Waals surface area contributed by atoms with Crippen molar-refractivity contribution in [1.82, 2.24) is 29.8 Å². The highest BCUT2D eigenvalue weighted by molar-refractivity contribution is 9.10. The van der Waals surface area contributed by atoms with Crippen LogP contribution < -0.4 is 4.90 Å². The lowest BCUT2D eigenvalue weighted by Crippen LogP contribution is -2.57. The highest BCUT2D eigenvalue weighted by Gasteiger charge is 2.38. The zero-order valence-corrected chi connectivity index (χ0v) is 25.1. The number of piperidine rings is 1. The Balaban J connectivity index is 1.60. The van der Waals surface area contributed by atoms with E-state index in [-0.39, 0.29) is 41.0 Å². The van der Waals surface area contributed by atoms with Crippen LogP contribution in [-0.4, -0.2) is 98.4 Å². The van der Waals surface area contributed by atoms with Crippen LogP contribution in [0.15, 0.2) is 10.5 Å². The molecular formula is C27H32BrFN8O4. The average Bonchev–Trinajstić information content (AvgIpc) is 3.29. The topological polar surface area (TPSA) is 141 Å². The van der Waals surface area contributed by atoms with Crippen LogP contribution >= 0.6 is 15.9 Å². The number of nitrogens with zero attached hydrogens (tertiary/aromatic N) is 8. The minimum Gasteiger partial charge on any atom is -0.481 e. The number of likely N-dealkylation sites (N-methyl/N-ethyl adjacent to an activating group) is 1. The number of carbonyl (C=O) groups excluding carboxylic acids is 1. The second-order valence-corrected chi connectivity index (χ2v) is 12.6. The maximum atomic E-state index is 15.6. The van der Waals surface area contributed by atoms with Gasteiger partial charge in [-0.2, -0.15) is 5.26 Å². The van der Waals surface area contributed by atoms with E-state index in [2.05, 4.69) is 36.1 Å². The molecule has 2 aliphatic rings. The first kappa shape index (κ1) is 28.9. The predicted octanol–water partition coefficient (Wildman–Crippen LogP) is 3.92. The van der Waals surface area contributed by atoms with Crippen LogP contribution in [0.5, 0.6) is 0 Å². The molecule has 12 nitrogen and oxygen atoms in total. The molecule has 2 atom stereocenters. The van der Waals surface area contributed by atoms with E-state index in [4.69, 9.17) is 4.74 Å². The Morgan fingerprint density at radius 1 is 1.29 bits per heavy atom. The summed E-state index contributed by atoms with van der Waals surface area (Å²) in [5.74, 6) is -1.19. The van der Waals surface area contributed by atoms with Crippen LogP contribution in [-0.2, 0) is 9.53 Å². The van der Waals surface area contributed by atoms with Crippen molar-refractivity contribution in [3.63, 3.8) is 0 Å². The Hall–Kier alpha value is -3.57. The molecular weight excluding hydrogens is 599 g/mol. The number of benzene rings is 1. The highest BCUT2D eigenvalue weighted by Crippen LogP contribution is 2.39. The summed E-state index contributed by atoms with van der Waals surface area (Å²) in [5.41, 5.74) is 0.462. The predicted molar refractivity (Wildman–Crippen MR) is 152 cm³/mol. The monoisotopic (exact) mass is 630 g/mol. The smallest absolute Gasteiger partial charge is 0.410 e. The molecule has 4 heterocycles. The number of carboxylic acids is 1. The van der Waals surface area contributed by atoms with E-state index in [1.165, 1.54) is 4.90 Å². The van der Waals surface area contributed by atoms with E-state index in [0.717, 1.165) is 0 Å². The summed E-state index contributed by atoms with van der Waals surface area (Å²) in [6, 6.07) is 2.92. The molecule has 1 N–H and O–H groups in total. The number of ether oxygens (including phenoxy) is 1. The lowest BCUT2D eigenvalue weighted by Gasteiger charge is -2.43. The van der Waals surface area contributed by atoms with E-state index >= 15 is 4.39 Å². The molecule has 3 aromatic rings. The number of nitriles is 1. The average molecular weight is 632 g/mol. The number of carboxylic acid groups (broad SMARTS) is 1. The van der Waals surface area contributed by atoms with Crippen LogP contribution in [0, 0.1) is 17.1 Å². The molecule has 5 rings (SSSR count). The van der Waals surface area contributed by atoms with Crippen molar-refractivity contribution in [3.05, 3.63) is 21.9 Å². The van der Waals surface area contributed by atoms with Crippen molar-refractivity contribution in [2.24, 2.45) is 0 Å². The van der Waals surface area contributed by atoms with Crippen molar-refractivity contribution >= 4 is 55.7 Å². The molecule has 218 valence electrons. The van der Waals surface area contributed by atoms with E-state index < -0.39 is 29.5 Å². The number of rotatable bonds is 5. The van der Waals surface area contributed by atoms with Gasteiger partial charge >= 0.3 is 12.1 Å². The molecule has 1 amide bonds. The van der Waals surface area contributed by atoms with Gasteiger partial charge in [-0.25, -0.2) is 18.9 Å². The summed E-state index contributed by atoms with van der Waals surface area (Å²) in [7, 11) is 4.00. The molecule has 41 heavy (non-hydrogen) atoms. The summed E-state index contributed by atoms with van der Waals surface area (Å²) in [4.78, 5) is 35.0. The first-order valence-corrected chi connectivity index (χ1v) is 14.2. The van der Waals surface area contributed by atoms with E-state index in [1.807, 2.05) is 25.1 Å². The normalized spacial score (nSPS) is 20.0. The van der Waals surface area contributed by atoms with Gasteiger partial charge in [0.05, 0.1) is 22.5 Å². The summed E-state index contributed by atoms with van der Waals surface area (Å²) in [6.45, 7) is 6.88. The third-order valence-electron chi connectivity index (χ3n) is 7.64. The second-order valence-electron chi connectivity index (χ2n) is 11.9. The Morgan fingerprint density at radius 3 is 2.61 bits per heavy atom. The fraction of sp³-hybridized carbons (Fsp3) is 0.556. The zero-order valence-electron chi connectivity index (χ0n) is 23.6. The van der Waals surface area contributed by atoms with E-state index in [1.54, 1.807) is 31.5 Å². The third kappa shape index (κ3) is 5.40. The molecule has 0 bridgehead atoms. The molecule has 0 radical (unpaired) electrons. The maximum Gasteiger partial charge on any atom is 0.410 e. The largest absolute Gasteiger partial charge is 0.481 e. The number of aromatic nitrogens is 4. The lowest BCUT2D eigenvalue weighted by molar-refractivity contribution is -0.138. The number of anilines is 1. The summed E-state index contributed by atoms with van der Waals surface area (Å²) >= 11 is 3.20. The van der Waals surface area contributed by atoms with Gasteiger partial charge in [0, 0.05) is 37.1 Å². The first-order chi connectivity index (χ1) is 19.3. The SMILES string of the molecule is CN(C)C1CN(c2nc3c(F)c(Br)c(C#N)cc3c3c2nnn3[C@H]2CCN(C(=O)OC(C)(C)C)[C@H](CC(=O)O)C2)C1. The number of pyridine rings is 1.